The van der Waals surface area contributed by atoms with E-state index < -0.39 is 5.60 Å². The van der Waals surface area contributed by atoms with Gasteiger partial charge in [-0.15, -0.1) is 6.42 Å². The summed E-state index contributed by atoms with van der Waals surface area (Å²) in [6.45, 7) is 6.65. The van der Waals surface area contributed by atoms with Crippen LogP contribution >= 0.6 is 0 Å². The maximum atomic E-state index is 11.8. The summed E-state index contributed by atoms with van der Waals surface area (Å²) in [6, 6.07) is 0. The Balaban J connectivity index is 1.74. The molecule has 4 aliphatic rings. The fraction of sp³-hybridized carbons (Fsp3) is 0.682. The molecule has 0 aromatic heterocycles. The van der Waals surface area contributed by atoms with E-state index in [2.05, 4.69) is 19.4 Å². The van der Waals surface area contributed by atoms with Crippen LogP contribution in [0.5, 0.6) is 0 Å². The van der Waals surface area contributed by atoms with E-state index in [4.69, 9.17) is 6.42 Å². The minimum absolute atomic E-state index is 0.189. The van der Waals surface area contributed by atoms with E-state index in [1.54, 1.807) is 0 Å². The van der Waals surface area contributed by atoms with Crippen LogP contribution < -0.4 is 0 Å². The van der Waals surface area contributed by atoms with Crippen LogP contribution in [-0.4, -0.2) is 16.5 Å². The van der Waals surface area contributed by atoms with Crippen molar-refractivity contribution in [3.05, 3.63) is 23.8 Å². The number of allylic oxidation sites excluding steroid dienone is 2. The van der Waals surface area contributed by atoms with Crippen LogP contribution in [0.25, 0.3) is 0 Å². The molecule has 3 fully saturated rings. The third-order valence-corrected chi connectivity index (χ3v) is 7.94. The molecule has 3 unspecified atom stereocenters. The van der Waals surface area contributed by atoms with Gasteiger partial charge in [-0.1, -0.05) is 30.6 Å². The van der Waals surface area contributed by atoms with Crippen molar-refractivity contribution in [3.8, 4) is 12.3 Å². The molecule has 0 radical (unpaired) electrons. The number of rotatable bonds is 1. The monoisotopic (exact) mass is 324 g/mol. The maximum Gasteiger partial charge on any atom is 0.155 e. The fourth-order valence-electron chi connectivity index (χ4n) is 6.90. The van der Waals surface area contributed by atoms with Gasteiger partial charge in [-0.25, -0.2) is 0 Å². The molecule has 0 aromatic rings. The lowest BCUT2D eigenvalue weighted by Gasteiger charge is -2.56. The third kappa shape index (κ3) is 1.91. The number of aliphatic hydroxyl groups is 1. The van der Waals surface area contributed by atoms with Crippen molar-refractivity contribution in [3.63, 3.8) is 0 Å². The summed E-state index contributed by atoms with van der Waals surface area (Å²) >= 11 is 0. The highest BCUT2D eigenvalue weighted by molar-refractivity contribution is 5.91. The van der Waals surface area contributed by atoms with Crippen molar-refractivity contribution in [2.45, 2.75) is 63.9 Å². The molecule has 2 nitrogen and oxygen atoms in total. The highest BCUT2D eigenvalue weighted by atomic mass is 16.3. The molecule has 128 valence electrons. The number of ketones is 1. The average molecular weight is 324 g/mol. The van der Waals surface area contributed by atoms with Crippen molar-refractivity contribution in [2.24, 2.45) is 29.1 Å². The molecule has 0 heterocycles. The normalized spacial score (nSPS) is 47.3. The Morgan fingerprint density at radius 1 is 1.38 bits per heavy atom. The topological polar surface area (TPSA) is 37.3 Å². The van der Waals surface area contributed by atoms with Crippen molar-refractivity contribution in [1.29, 1.82) is 0 Å². The quantitative estimate of drug-likeness (QED) is 0.583. The zero-order valence-electron chi connectivity index (χ0n) is 14.7. The second-order valence-electron chi connectivity index (χ2n) is 8.55. The highest BCUT2D eigenvalue weighted by Crippen LogP contribution is 2.67. The Kier molecular flexibility index (Phi) is 3.59. The van der Waals surface area contributed by atoms with Crippen LogP contribution in [0.2, 0.25) is 0 Å². The molecule has 2 heteroatoms. The smallest absolute Gasteiger partial charge is 0.155 e. The standard InChI is InChI=1S/C22H28O2/c1-4-21-13-14(3)20-17-9-7-16(23)12-15(17)6-8-18(20)19(21)10-11-22(21,24)5-2/h2,12,17-20,24H,3-4,6-11,13H2,1H3/t17-,18-,19?,20?,21-,22?/m0/s1. The fourth-order valence-corrected chi connectivity index (χ4v) is 6.90. The lowest BCUT2D eigenvalue weighted by atomic mass is 9.48. The predicted octanol–water partition coefficient (Wildman–Crippen LogP) is 4.05. The second kappa shape index (κ2) is 5.33. The van der Waals surface area contributed by atoms with Crippen LogP contribution in [-0.2, 0) is 4.79 Å². The van der Waals surface area contributed by atoms with Crippen LogP contribution in [0, 0.1) is 41.4 Å². The molecule has 0 bridgehead atoms. The molecule has 0 spiro atoms. The van der Waals surface area contributed by atoms with E-state index in [0.29, 0.717) is 35.9 Å². The van der Waals surface area contributed by atoms with Gasteiger partial charge in [0, 0.05) is 11.8 Å². The van der Waals surface area contributed by atoms with Gasteiger partial charge in [-0.3, -0.25) is 4.79 Å². The minimum Gasteiger partial charge on any atom is -0.377 e. The molecule has 4 aliphatic carbocycles. The summed E-state index contributed by atoms with van der Waals surface area (Å²) in [7, 11) is 0. The molecular weight excluding hydrogens is 296 g/mol. The van der Waals surface area contributed by atoms with E-state index in [1.165, 1.54) is 11.1 Å². The van der Waals surface area contributed by atoms with Gasteiger partial charge in [0.1, 0.15) is 5.60 Å². The van der Waals surface area contributed by atoms with Gasteiger partial charge in [0.2, 0.25) is 0 Å². The number of carbonyl (C=O) groups is 1. The number of hydrogen-bond donors (Lipinski definition) is 1. The van der Waals surface area contributed by atoms with Crippen LogP contribution in [0.4, 0.5) is 0 Å². The van der Waals surface area contributed by atoms with Gasteiger partial charge >= 0.3 is 0 Å². The lowest BCUT2D eigenvalue weighted by molar-refractivity contribution is -0.116. The summed E-state index contributed by atoms with van der Waals surface area (Å²) in [6.07, 6.45) is 15.1. The first-order valence-electron chi connectivity index (χ1n) is 9.57. The van der Waals surface area contributed by atoms with Gasteiger partial charge < -0.3 is 5.11 Å². The van der Waals surface area contributed by atoms with E-state index >= 15 is 0 Å². The Labute approximate surface area is 145 Å². The molecule has 0 amide bonds. The Morgan fingerprint density at radius 3 is 2.88 bits per heavy atom. The molecule has 0 aliphatic heterocycles. The van der Waals surface area contributed by atoms with Crippen molar-refractivity contribution >= 4 is 5.78 Å². The van der Waals surface area contributed by atoms with Crippen molar-refractivity contribution < 1.29 is 9.90 Å². The number of hydrogen-bond acceptors (Lipinski definition) is 2. The summed E-state index contributed by atoms with van der Waals surface area (Å²) < 4.78 is 0. The van der Waals surface area contributed by atoms with E-state index in [-0.39, 0.29) is 5.41 Å². The second-order valence-corrected chi connectivity index (χ2v) is 8.55. The van der Waals surface area contributed by atoms with Crippen LogP contribution in [0.3, 0.4) is 0 Å². The number of terminal acetylenes is 1. The third-order valence-electron chi connectivity index (χ3n) is 7.94. The first-order valence-corrected chi connectivity index (χ1v) is 9.57. The lowest BCUT2D eigenvalue weighted by Crippen LogP contribution is -2.54. The van der Waals surface area contributed by atoms with Gasteiger partial charge in [-0.2, -0.15) is 0 Å². The first kappa shape index (κ1) is 16.2. The Hall–Kier alpha value is -1.33. The van der Waals surface area contributed by atoms with E-state index in [1.807, 2.05) is 6.08 Å². The van der Waals surface area contributed by atoms with E-state index in [0.717, 1.165) is 44.9 Å². The average Bonchev–Trinajstić information content (AvgIpc) is 2.88. The summed E-state index contributed by atoms with van der Waals surface area (Å²) in [5.74, 6) is 5.13. The zero-order chi connectivity index (χ0) is 17.1. The SMILES string of the molecule is C#CC1(O)CCC2[C@@H]3CCC4=CC(=O)CC[C@@H]4C3C(=C)C[C@@]21CC. The molecular formula is C22H28O2. The van der Waals surface area contributed by atoms with E-state index in [9.17, 15) is 9.90 Å². The Bertz CT molecular complexity index is 666. The van der Waals surface area contributed by atoms with Crippen molar-refractivity contribution in [2.75, 3.05) is 0 Å². The first-order chi connectivity index (χ1) is 11.5. The summed E-state index contributed by atoms with van der Waals surface area (Å²) in [5, 5.41) is 11.2. The van der Waals surface area contributed by atoms with Crippen LogP contribution in [0.1, 0.15) is 58.3 Å². The summed E-state index contributed by atoms with van der Waals surface area (Å²) in [5.41, 5.74) is 1.48. The predicted molar refractivity (Wildman–Crippen MR) is 95.0 cm³/mol. The Morgan fingerprint density at radius 2 is 2.17 bits per heavy atom. The number of carbonyl (C=O) groups excluding carboxylic acids is 1. The maximum absolute atomic E-state index is 11.8. The van der Waals surface area contributed by atoms with Crippen molar-refractivity contribution in [1.82, 2.24) is 0 Å². The van der Waals surface area contributed by atoms with Crippen LogP contribution in [0.15, 0.2) is 23.8 Å². The molecule has 3 saturated carbocycles. The molecule has 6 atom stereocenters. The molecule has 24 heavy (non-hydrogen) atoms. The highest BCUT2D eigenvalue weighted by Gasteiger charge is 2.64. The zero-order valence-corrected chi connectivity index (χ0v) is 14.7. The van der Waals surface area contributed by atoms with Gasteiger partial charge in [-0.05, 0) is 74.7 Å². The molecule has 0 saturated heterocycles. The van der Waals surface area contributed by atoms with Gasteiger partial charge in [0.05, 0.1) is 0 Å². The molecule has 1 N–H and O–H groups in total. The largest absolute Gasteiger partial charge is 0.377 e. The number of fused-ring (bicyclic) bond motifs is 5. The molecule has 0 aromatic carbocycles. The minimum atomic E-state index is -0.973. The van der Waals surface area contributed by atoms with Gasteiger partial charge in [0.15, 0.2) is 5.78 Å². The summed E-state index contributed by atoms with van der Waals surface area (Å²) in [4.78, 5) is 11.8. The van der Waals surface area contributed by atoms with Gasteiger partial charge in [0.25, 0.3) is 0 Å². The molecule has 4 rings (SSSR count).